The third kappa shape index (κ3) is 4.29. The second-order valence-electron chi connectivity index (χ2n) is 5.22. The summed E-state index contributed by atoms with van der Waals surface area (Å²) in [6, 6.07) is 6.57. The molecule has 1 aromatic carbocycles. The highest BCUT2D eigenvalue weighted by atomic mass is 32.2. The maximum Gasteiger partial charge on any atom is 0.241 e. The van der Waals surface area contributed by atoms with E-state index in [0.29, 0.717) is 18.0 Å². The molecular formula is C15H20N2O3S. The Kier molecular flexibility index (Phi) is 5.37. The van der Waals surface area contributed by atoms with Crippen LogP contribution in [-0.2, 0) is 10.0 Å². The fourth-order valence-corrected chi connectivity index (χ4v) is 3.71. The van der Waals surface area contributed by atoms with Gasteiger partial charge in [-0.15, -0.1) is 0 Å². The standard InChI is InChI=1S/C15H20N2O3S/c1-17-9-8-13(12-17)11-16-21(19,20)15-7-3-2-5-14(15)6-4-10-18/h2-3,5,7,13,16,18H,8-12H2,1H3. The highest BCUT2D eigenvalue weighted by Crippen LogP contribution is 2.17. The number of aliphatic hydroxyl groups is 1. The molecule has 0 aliphatic carbocycles. The van der Waals surface area contributed by atoms with E-state index < -0.39 is 10.0 Å². The van der Waals surface area contributed by atoms with Crippen molar-refractivity contribution >= 4 is 10.0 Å². The zero-order chi connectivity index (χ0) is 15.3. The largest absolute Gasteiger partial charge is 0.384 e. The number of rotatable bonds is 4. The summed E-state index contributed by atoms with van der Waals surface area (Å²) in [7, 11) is -1.54. The summed E-state index contributed by atoms with van der Waals surface area (Å²) in [5.41, 5.74) is 0.405. The van der Waals surface area contributed by atoms with E-state index in [1.165, 1.54) is 6.07 Å². The fourth-order valence-electron chi connectivity index (χ4n) is 2.44. The summed E-state index contributed by atoms with van der Waals surface area (Å²) < 4.78 is 27.5. The third-order valence-electron chi connectivity index (χ3n) is 3.53. The van der Waals surface area contributed by atoms with Gasteiger partial charge in [-0.05, 0) is 38.1 Å². The minimum Gasteiger partial charge on any atom is -0.384 e. The molecule has 0 bridgehead atoms. The molecule has 114 valence electrons. The molecule has 2 rings (SSSR count). The molecule has 1 aromatic rings. The zero-order valence-electron chi connectivity index (χ0n) is 12.0. The lowest BCUT2D eigenvalue weighted by atomic mass is 10.1. The number of nitrogens with one attached hydrogen (secondary N) is 1. The quantitative estimate of drug-likeness (QED) is 0.783. The normalized spacial score (nSPS) is 19.2. The number of hydrogen-bond donors (Lipinski definition) is 2. The molecule has 2 N–H and O–H groups in total. The van der Waals surface area contributed by atoms with Crippen LogP contribution < -0.4 is 4.72 Å². The Morgan fingerprint density at radius 3 is 2.86 bits per heavy atom. The van der Waals surface area contributed by atoms with E-state index >= 15 is 0 Å². The van der Waals surface area contributed by atoms with Crippen LogP contribution in [-0.4, -0.2) is 51.7 Å². The number of sulfonamides is 1. The van der Waals surface area contributed by atoms with Crippen molar-refractivity contribution in [1.82, 2.24) is 9.62 Å². The number of hydrogen-bond acceptors (Lipinski definition) is 4. The number of nitrogens with zero attached hydrogens (tertiary/aromatic N) is 1. The monoisotopic (exact) mass is 308 g/mol. The first-order chi connectivity index (χ1) is 10.0. The minimum absolute atomic E-state index is 0.164. The van der Waals surface area contributed by atoms with Crippen LogP contribution in [0.1, 0.15) is 12.0 Å². The Balaban J connectivity index is 2.12. The summed E-state index contributed by atoms with van der Waals surface area (Å²) >= 11 is 0. The molecule has 1 atom stereocenters. The van der Waals surface area contributed by atoms with E-state index in [2.05, 4.69) is 21.5 Å². The van der Waals surface area contributed by atoms with Gasteiger partial charge in [-0.1, -0.05) is 24.0 Å². The molecule has 6 heteroatoms. The Morgan fingerprint density at radius 2 is 2.19 bits per heavy atom. The van der Waals surface area contributed by atoms with E-state index in [1.807, 2.05) is 7.05 Å². The third-order valence-corrected chi connectivity index (χ3v) is 5.01. The van der Waals surface area contributed by atoms with E-state index in [-0.39, 0.29) is 11.5 Å². The van der Waals surface area contributed by atoms with Gasteiger partial charge in [0.15, 0.2) is 0 Å². The van der Waals surface area contributed by atoms with Gasteiger partial charge in [-0.25, -0.2) is 13.1 Å². The fraction of sp³-hybridized carbons (Fsp3) is 0.467. The van der Waals surface area contributed by atoms with Gasteiger partial charge >= 0.3 is 0 Å². The van der Waals surface area contributed by atoms with Crippen LogP contribution >= 0.6 is 0 Å². The maximum absolute atomic E-state index is 12.4. The SMILES string of the molecule is CN1CCC(CNS(=O)(=O)c2ccccc2C#CCO)C1. The van der Waals surface area contributed by atoms with Gasteiger partial charge in [-0.2, -0.15) is 0 Å². The molecule has 0 amide bonds. The van der Waals surface area contributed by atoms with Crippen LogP contribution in [0.25, 0.3) is 0 Å². The summed E-state index contributed by atoms with van der Waals surface area (Å²) in [6.45, 7) is 2.06. The average Bonchev–Trinajstić information content (AvgIpc) is 2.89. The Hall–Kier alpha value is -1.39. The minimum atomic E-state index is -3.58. The van der Waals surface area contributed by atoms with Crippen molar-refractivity contribution in [2.45, 2.75) is 11.3 Å². The van der Waals surface area contributed by atoms with Crippen molar-refractivity contribution < 1.29 is 13.5 Å². The molecule has 0 radical (unpaired) electrons. The van der Waals surface area contributed by atoms with E-state index in [1.54, 1.807) is 18.2 Å². The summed E-state index contributed by atoms with van der Waals surface area (Å²) in [4.78, 5) is 2.36. The van der Waals surface area contributed by atoms with Gasteiger partial charge in [0.25, 0.3) is 0 Å². The average molecular weight is 308 g/mol. The van der Waals surface area contributed by atoms with Gasteiger partial charge < -0.3 is 10.0 Å². The molecule has 5 nitrogen and oxygen atoms in total. The van der Waals surface area contributed by atoms with Crippen LogP contribution in [0.3, 0.4) is 0 Å². The maximum atomic E-state index is 12.4. The molecule has 1 saturated heterocycles. The van der Waals surface area contributed by atoms with Gasteiger partial charge in [0.1, 0.15) is 6.61 Å². The number of likely N-dealkylation sites (tertiary alicyclic amines) is 1. The second-order valence-corrected chi connectivity index (χ2v) is 6.96. The molecule has 0 saturated carbocycles. The van der Waals surface area contributed by atoms with Crippen LogP contribution in [0, 0.1) is 17.8 Å². The van der Waals surface area contributed by atoms with Gasteiger partial charge in [0, 0.05) is 18.7 Å². The van der Waals surface area contributed by atoms with E-state index in [0.717, 1.165) is 19.5 Å². The summed E-state index contributed by atoms with van der Waals surface area (Å²) in [5.74, 6) is 5.51. The topological polar surface area (TPSA) is 69.6 Å². The van der Waals surface area contributed by atoms with Crippen molar-refractivity contribution in [1.29, 1.82) is 0 Å². The highest BCUT2D eigenvalue weighted by Gasteiger charge is 2.23. The first kappa shape index (κ1) is 16.0. The van der Waals surface area contributed by atoms with Gasteiger partial charge in [0.05, 0.1) is 4.90 Å². The van der Waals surface area contributed by atoms with Crippen molar-refractivity contribution in [3.63, 3.8) is 0 Å². The zero-order valence-corrected chi connectivity index (χ0v) is 12.9. The molecule has 0 aromatic heterocycles. The molecule has 21 heavy (non-hydrogen) atoms. The Morgan fingerprint density at radius 1 is 1.43 bits per heavy atom. The lowest BCUT2D eigenvalue weighted by molar-refractivity contribution is 0.350. The highest BCUT2D eigenvalue weighted by molar-refractivity contribution is 7.89. The molecule has 1 unspecified atom stereocenters. The van der Waals surface area contributed by atoms with Crippen molar-refractivity contribution in [2.75, 3.05) is 33.3 Å². The molecule has 1 heterocycles. The predicted octanol–water partition coefficient (Wildman–Crippen LogP) is 0.260. The van der Waals surface area contributed by atoms with E-state index in [4.69, 9.17) is 5.11 Å². The summed E-state index contributed by atoms with van der Waals surface area (Å²) in [6.07, 6.45) is 1.00. The number of aliphatic hydroxyl groups excluding tert-OH is 1. The predicted molar refractivity (Wildman–Crippen MR) is 81.2 cm³/mol. The smallest absolute Gasteiger partial charge is 0.241 e. The molecule has 0 spiro atoms. The van der Waals surface area contributed by atoms with E-state index in [9.17, 15) is 8.42 Å². The second kappa shape index (κ2) is 7.05. The number of benzene rings is 1. The van der Waals surface area contributed by atoms with Crippen molar-refractivity contribution in [3.05, 3.63) is 29.8 Å². The van der Waals surface area contributed by atoms with Crippen LogP contribution in [0.2, 0.25) is 0 Å². The first-order valence-electron chi connectivity index (χ1n) is 6.90. The molecule has 1 aliphatic rings. The molecular weight excluding hydrogens is 288 g/mol. The molecule has 1 fully saturated rings. The van der Waals surface area contributed by atoms with Crippen LogP contribution in [0.15, 0.2) is 29.2 Å². The van der Waals surface area contributed by atoms with Crippen molar-refractivity contribution in [3.8, 4) is 11.8 Å². The Bertz CT molecular complexity index is 646. The molecule has 1 aliphatic heterocycles. The summed E-state index contributed by atoms with van der Waals surface area (Å²) in [5, 5.41) is 8.75. The van der Waals surface area contributed by atoms with Gasteiger partial charge in [0.2, 0.25) is 10.0 Å². The lowest BCUT2D eigenvalue weighted by Gasteiger charge is -2.13. The Labute approximate surface area is 126 Å². The first-order valence-corrected chi connectivity index (χ1v) is 8.38. The van der Waals surface area contributed by atoms with Gasteiger partial charge in [-0.3, -0.25) is 0 Å². The van der Waals surface area contributed by atoms with Crippen LogP contribution in [0.5, 0.6) is 0 Å². The lowest BCUT2D eigenvalue weighted by Crippen LogP contribution is -2.31. The van der Waals surface area contributed by atoms with Crippen molar-refractivity contribution in [2.24, 2.45) is 5.92 Å². The van der Waals surface area contributed by atoms with Crippen LogP contribution in [0.4, 0.5) is 0 Å².